The fourth-order valence-corrected chi connectivity index (χ4v) is 2.23. The molecule has 0 spiro atoms. The summed E-state index contributed by atoms with van der Waals surface area (Å²) >= 11 is 6.32. The summed E-state index contributed by atoms with van der Waals surface area (Å²) in [6.07, 6.45) is 0. The van der Waals surface area contributed by atoms with Crippen LogP contribution in [0.15, 0.2) is 40.9 Å². The van der Waals surface area contributed by atoms with Gasteiger partial charge in [0.1, 0.15) is 11.6 Å². The molecule has 0 saturated carbocycles. The van der Waals surface area contributed by atoms with Crippen LogP contribution in [0.25, 0.3) is 0 Å². The first-order valence-corrected chi connectivity index (χ1v) is 6.99. The third kappa shape index (κ3) is 2.90. The largest absolute Gasteiger partial charge is 0.454 e. The zero-order valence-electron chi connectivity index (χ0n) is 9.09. The molecule has 2 rings (SSSR count). The van der Waals surface area contributed by atoms with Crippen LogP contribution in [0.2, 0.25) is 0 Å². The van der Waals surface area contributed by atoms with Crippen LogP contribution in [0.4, 0.5) is 8.78 Å². The van der Waals surface area contributed by atoms with E-state index >= 15 is 0 Å². The zero-order valence-corrected chi connectivity index (χ0v) is 12.3. The maximum absolute atomic E-state index is 13.7. The van der Waals surface area contributed by atoms with Gasteiger partial charge in [-0.3, -0.25) is 0 Å². The van der Waals surface area contributed by atoms with Crippen LogP contribution in [0, 0.1) is 11.6 Å². The Hall–Kier alpha value is -0.940. The first-order valence-electron chi connectivity index (χ1n) is 5.08. The van der Waals surface area contributed by atoms with Crippen LogP contribution in [0.1, 0.15) is 5.56 Å². The van der Waals surface area contributed by atoms with Gasteiger partial charge in [-0.25, -0.2) is 8.78 Å². The number of rotatable bonds is 3. The lowest BCUT2D eigenvalue weighted by molar-refractivity contribution is 0.437. The lowest BCUT2D eigenvalue weighted by atomic mass is 10.2. The summed E-state index contributed by atoms with van der Waals surface area (Å²) in [5.74, 6) is -0.326. The average molecular weight is 378 g/mol. The zero-order chi connectivity index (χ0) is 13.1. The molecule has 0 aliphatic rings. The van der Waals surface area contributed by atoms with E-state index in [1.165, 1.54) is 24.3 Å². The highest BCUT2D eigenvalue weighted by molar-refractivity contribution is 9.10. The highest BCUT2D eigenvalue weighted by Crippen LogP contribution is 2.31. The Labute approximate surface area is 120 Å². The lowest BCUT2D eigenvalue weighted by Gasteiger charge is -2.11. The van der Waals surface area contributed by atoms with Crippen molar-refractivity contribution in [3.63, 3.8) is 0 Å². The first kappa shape index (κ1) is 13.5. The van der Waals surface area contributed by atoms with Gasteiger partial charge in [0, 0.05) is 10.9 Å². The predicted octanol–water partition coefficient (Wildman–Crippen LogP) is 5.41. The van der Waals surface area contributed by atoms with Crippen LogP contribution in [0.3, 0.4) is 0 Å². The van der Waals surface area contributed by atoms with Crippen molar-refractivity contribution in [1.29, 1.82) is 0 Å². The smallest absolute Gasteiger partial charge is 0.167 e. The summed E-state index contributed by atoms with van der Waals surface area (Å²) in [4.78, 5) is 0. The molecule has 0 fully saturated rings. The maximum Gasteiger partial charge on any atom is 0.167 e. The van der Waals surface area contributed by atoms with E-state index in [-0.39, 0.29) is 10.2 Å². The molecule has 0 bridgehead atoms. The van der Waals surface area contributed by atoms with Gasteiger partial charge in [-0.05, 0) is 40.2 Å². The van der Waals surface area contributed by atoms with Crippen LogP contribution in [0.5, 0.6) is 11.5 Å². The molecule has 0 saturated heterocycles. The third-order valence-corrected chi connectivity index (χ3v) is 3.52. The Morgan fingerprint density at radius 1 is 1.06 bits per heavy atom. The molecule has 0 aliphatic carbocycles. The molecule has 94 valence electrons. The second-order valence-corrected chi connectivity index (χ2v) is 4.95. The fourth-order valence-electron chi connectivity index (χ4n) is 1.43. The molecular weight excluding hydrogens is 370 g/mol. The Morgan fingerprint density at radius 2 is 1.83 bits per heavy atom. The predicted molar refractivity (Wildman–Crippen MR) is 73.2 cm³/mol. The second kappa shape index (κ2) is 5.80. The third-order valence-electron chi connectivity index (χ3n) is 2.30. The molecule has 1 nitrogen and oxygen atoms in total. The van der Waals surface area contributed by atoms with Crippen LogP contribution in [-0.4, -0.2) is 0 Å². The first-order chi connectivity index (χ1) is 8.61. The minimum atomic E-state index is -0.451. The van der Waals surface area contributed by atoms with Crippen molar-refractivity contribution in [3.8, 4) is 11.5 Å². The maximum atomic E-state index is 13.7. The van der Waals surface area contributed by atoms with Gasteiger partial charge in [0.25, 0.3) is 0 Å². The lowest BCUT2D eigenvalue weighted by Crippen LogP contribution is -1.93. The van der Waals surface area contributed by atoms with Crippen molar-refractivity contribution in [2.24, 2.45) is 0 Å². The molecule has 0 amide bonds. The number of alkyl halides is 1. The summed E-state index contributed by atoms with van der Waals surface area (Å²) in [6.45, 7) is 0. The molecule has 18 heavy (non-hydrogen) atoms. The summed E-state index contributed by atoms with van der Waals surface area (Å²) in [7, 11) is 0. The van der Waals surface area contributed by atoms with Crippen molar-refractivity contribution < 1.29 is 13.5 Å². The molecule has 0 aromatic heterocycles. The van der Waals surface area contributed by atoms with E-state index in [2.05, 4.69) is 31.9 Å². The Balaban J connectivity index is 2.36. The Morgan fingerprint density at radius 3 is 2.50 bits per heavy atom. The summed E-state index contributed by atoms with van der Waals surface area (Å²) in [6, 6.07) is 8.85. The topological polar surface area (TPSA) is 9.23 Å². The van der Waals surface area contributed by atoms with Crippen molar-refractivity contribution in [3.05, 3.63) is 58.1 Å². The van der Waals surface area contributed by atoms with Gasteiger partial charge in [0.15, 0.2) is 11.6 Å². The van der Waals surface area contributed by atoms with Gasteiger partial charge >= 0.3 is 0 Å². The van der Waals surface area contributed by atoms with Crippen LogP contribution < -0.4 is 4.74 Å². The molecule has 0 aliphatic heterocycles. The monoisotopic (exact) mass is 376 g/mol. The number of para-hydroxylation sites is 1. The van der Waals surface area contributed by atoms with E-state index in [0.29, 0.717) is 16.6 Å². The van der Waals surface area contributed by atoms with Crippen molar-refractivity contribution in [2.75, 3.05) is 0 Å². The fraction of sp³-hybridized carbons (Fsp3) is 0.0769. The van der Waals surface area contributed by atoms with Crippen LogP contribution in [-0.2, 0) is 5.33 Å². The SMILES string of the molecule is Fc1ccc(Oc2c(F)cccc2CBr)cc1Br. The van der Waals surface area contributed by atoms with E-state index in [9.17, 15) is 8.78 Å². The van der Waals surface area contributed by atoms with Crippen molar-refractivity contribution in [2.45, 2.75) is 5.33 Å². The van der Waals surface area contributed by atoms with Gasteiger partial charge in [-0.1, -0.05) is 28.1 Å². The summed E-state index contributed by atoms with van der Waals surface area (Å²) < 4.78 is 32.5. The highest BCUT2D eigenvalue weighted by atomic mass is 79.9. The Kier molecular flexibility index (Phi) is 4.35. The van der Waals surface area contributed by atoms with E-state index in [4.69, 9.17) is 4.74 Å². The number of hydrogen-bond acceptors (Lipinski definition) is 1. The Bertz CT molecular complexity index is 573. The minimum absolute atomic E-state index is 0.146. The molecule has 0 unspecified atom stereocenters. The van der Waals surface area contributed by atoms with Gasteiger partial charge in [-0.2, -0.15) is 0 Å². The molecule has 2 aromatic rings. The summed E-state index contributed by atoms with van der Waals surface area (Å²) in [5, 5.41) is 0.475. The molecule has 0 atom stereocenters. The highest BCUT2D eigenvalue weighted by Gasteiger charge is 2.11. The molecule has 0 heterocycles. The molecule has 0 N–H and O–H groups in total. The van der Waals surface area contributed by atoms with E-state index in [1.807, 2.05) is 0 Å². The van der Waals surface area contributed by atoms with E-state index in [0.717, 1.165) is 0 Å². The standard InChI is InChI=1S/C13H8Br2F2O/c14-7-8-2-1-3-12(17)13(8)18-9-4-5-11(16)10(15)6-9/h1-6H,7H2. The van der Waals surface area contributed by atoms with Gasteiger partial charge in [0.2, 0.25) is 0 Å². The second-order valence-electron chi connectivity index (χ2n) is 3.54. The number of benzene rings is 2. The van der Waals surface area contributed by atoms with Gasteiger partial charge < -0.3 is 4.74 Å². The van der Waals surface area contributed by atoms with Gasteiger partial charge in [0.05, 0.1) is 4.47 Å². The normalized spacial score (nSPS) is 10.4. The average Bonchev–Trinajstić information content (AvgIpc) is 2.36. The van der Waals surface area contributed by atoms with E-state index < -0.39 is 11.6 Å². The molecule has 5 heteroatoms. The number of ether oxygens (including phenoxy) is 1. The van der Waals surface area contributed by atoms with Gasteiger partial charge in [-0.15, -0.1) is 0 Å². The van der Waals surface area contributed by atoms with Crippen molar-refractivity contribution in [1.82, 2.24) is 0 Å². The number of hydrogen-bond donors (Lipinski definition) is 0. The number of halogens is 4. The molecular formula is C13H8Br2F2O. The van der Waals surface area contributed by atoms with Crippen molar-refractivity contribution >= 4 is 31.9 Å². The van der Waals surface area contributed by atoms with E-state index in [1.54, 1.807) is 12.1 Å². The van der Waals surface area contributed by atoms with Crippen LogP contribution >= 0.6 is 31.9 Å². The molecule has 2 aromatic carbocycles. The molecule has 0 radical (unpaired) electrons. The minimum Gasteiger partial charge on any atom is -0.454 e. The quantitative estimate of drug-likeness (QED) is 0.649. The summed E-state index contributed by atoms with van der Waals surface area (Å²) in [5.41, 5.74) is 0.690.